The van der Waals surface area contributed by atoms with Gasteiger partial charge in [-0.25, -0.2) is 0 Å². The number of aromatic nitrogens is 4. The summed E-state index contributed by atoms with van der Waals surface area (Å²) in [6, 6.07) is 9.14. The summed E-state index contributed by atoms with van der Waals surface area (Å²) in [6.07, 6.45) is 13.5. The lowest BCUT2D eigenvalue weighted by Gasteiger charge is -2.42. The summed E-state index contributed by atoms with van der Waals surface area (Å²) >= 11 is 0. The van der Waals surface area contributed by atoms with Crippen LogP contribution in [0.4, 0.5) is 5.69 Å². The van der Waals surface area contributed by atoms with Gasteiger partial charge >= 0.3 is 0 Å². The number of benzene rings is 1. The third kappa shape index (κ3) is 6.71. The number of H-pyrrole nitrogens is 1. The average Bonchev–Trinajstić information content (AvgIpc) is 3.61. The number of aromatic amines is 1. The minimum absolute atomic E-state index is 0.118. The fraction of sp³-hybridized carbons (Fsp3) is 0.588. The van der Waals surface area contributed by atoms with E-state index in [2.05, 4.69) is 31.2 Å². The molecule has 0 unspecified atom stereocenters. The van der Waals surface area contributed by atoms with Gasteiger partial charge < -0.3 is 16.0 Å². The van der Waals surface area contributed by atoms with Crippen molar-refractivity contribution >= 4 is 17.5 Å². The first-order chi connectivity index (χ1) is 21.0. The van der Waals surface area contributed by atoms with Crippen molar-refractivity contribution < 1.29 is 9.59 Å². The van der Waals surface area contributed by atoms with E-state index in [0.29, 0.717) is 30.0 Å². The predicted molar refractivity (Wildman–Crippen MR) is 169 cm³/mol. The summed E-state index contributed by atoms with van der Waals surface area (Å²) in [6.45, 7) is 6.60. The van der Waals surface area contributed by atoms with E-state index < -0.39 is 6.04 Å². The van der Waals surface area contributed by atoms with E-state index in [1.807, 2.05) is 42.8 Å². The predicted octanol–water partition coefficient (Wildman–Crippen LogP) is 5.62. The number of anilines is 1. The van der Waals surface area contributed by atoms with Crippen LogP contribution in [0.5, 0.6) is 0 Å². The maximum atomic E-state index is 14.3. The van der Waals surface area contributed by atoms with Gasteiger partial charge in [0.05, 0.1) is 5.69 Å². The average molecular weight is 586 g/mol. The van der Waals surface area contributed by atoms with Crippen molar-refractivity contribution in [2.45, 2.75) is 90.6 Å². The van der Waals surface area contributed by atoms with Gasteiger partial charge in [0.25, 0.3) is 5.91 Å². The summed E-state index contributed by atoms with van der Waals surface area (Å²) in [5.41, 5.74) is 5.39. The van der Waals surface area contributed by atoms with Crippen LogP contribution in [0, 0.1) is 37.5 Å². The largest absolute Gasteiger partial charge is 0.339 e. The smallest absolute Gasteiger partial charge is 0.270 e. The van der Waals surface area contributed by atoms with Crippen molar-refractivity contribution in [1.29, 1.82) is 0 Å². The Hall–Kier alpha value is -3.46. The van der Waals surface area contributed by atoms with Gasteiger partial charge in [0.2, 0.25) is 5.91 Å². The fourth-order valence-electron chi connectivity index (χ4n) is 7.83. The highest BCUT2D eigenvalue weighted by atomic mass is 16.2. The molecule has 9 heteroatoms. The molecule has 0 spiro atoms. The van der Waals surface area contributed by atoms with Crippen LogP contribution in [0.2, 0.25) is 0 Å². The summed E-state index contributed by atoms with van der Waals surface area (Å²) < 4.78 is 1.81. The van der Waals surface area contributed by atoms with Crippen molar-refractivity contribution in [3.63, 3.8) is 0 Å². The summed E-state index contributed by atoms with van der Waals surface area (Å²) in [5.74, 6) is 1.14. The molecule has 4 N–H and O–H groups in total. The van der Waals surface area contributed by atoms with Gasteiger partial charge in [-0.2, -0.15) is 10.2 Å². The van der Waals surface area contributed by atoms with E-state index in [4.69, 9.17) is 0 Å². The van der Waals surface area contributed by atoms with Crippen LogP contribution in [0.15, 0.2) is 36.5 Å². The Balaban J connectivity index is 1.27. The number of hydrogen-bond donors (Lipinski definition) is 4. The molecule has 3 aromatic rings. The molecule has 230 valence electrons. The maximum absolute atomic E-state index is 14.3. The Morgan fingerprint density at radius 2 is 1.58 bits per heavy atom. The molecule has 9 nitrogen and oxygen atoms in total. The number of amides is 2. The molecule has 0 bridgehead atoms. The van der Waals surface area contributed by atoms with Crippen LogP contribution in [0.3, 0.4) is 0 Å². The van der Waals surface area contributed by atoms with Crippen LogP contribution in [-0.4, -0.2) is 50.9 Å². The second-order valence-corrected chi connectivity index (χ2v) is 13.1. The Labute approximate surface area is 255 Å². The Morgan fingerprint density at radius 3 is 2.14 bits per heavy atom. The molecule has 3 aliphatic rings. The lowest BCUT2D eigenvalue weighted by molar-refractivity contribution is -0.120. The van der Waals surface area contributed by atoms with E-state index in [-0.39, 0.29) is 17.7 Å². The molecular formula is C34H47N7O2. The molecule has 1 saturated heterocycles. The first-order valence-corrected chi connectivity index (χ1v) is 16.4. The molecule has 1 aromatic carbocycles. The lowest BCUT2D eigenvalue weighted by atomic mass is 9.66. The molecule has 2 amide bonds. The van der Waals surface area contributed by atoms with E-state index in [9.17, 15) is 9.59 Å². The van der Waals surface area contributed by atoms with E-state index in [1.165, 1.54) is 38.5 Å². The highest BCUT2D eigenvalue weighted by molar-refractivity contribution is 6.00. The van der Waals surface area contributed by atoms with Crippen molar-refractivity contribution in [1.82, 2.24) is 30.6 Å². The Morgan fingerprint density at radius 1 is 0.930 bits per heavy atom. The highest BCUT2D eigenvalue weighted by Crippen LogP contribution is 2.42. The van der Waals surface area contributed by atoms with E-state index in [1.54, 1.807) is 12.3 Å². The van der Waals surface area contributed by atoms with Crippen molar-refractivity contribution in [3.8, 4) is 11.1 Å². The molecule has 1 aliphatic heterocycles. The van der Waals surface area contributed by atoms with E-state index >= 15 is 0 Å². The van der Waals surface area contributed by atoms with Crippen LogP contribution < -0.4 is 16.0 Å². The summed E-state index contributed by atoms with van der Waals surface area (Å²) in [4.78, 5) is 28.2. The zero-order valence-corrected chi connectivity index (χ0v) is 25.7. The number of nitrogens with zero attached hydrogens (tertiary/aromatic N) is 3. The normalized spacial score (nSPS) is 19.2. The van der Waals surface area contributed by atoms with Gasteiger partial charge in [0.1, 0.15) is 11.7 Å². The maximum Gasteiger partial charge on any atom is 0.270 e. The lowest BCUT2D eigenvalue weighted by Crippen LogP contribution is -2.53. The zero-order valence-electron chi connectivity index (χ0n) is 25.7. The second kappa shape index (κ2) is 13.5. The monoisotopic (exact) mass is 585 g/mol. The number of nitrogens with one attached hydrogen (secondary N) is 4. The van der Waals surface area contributed by atoms with Gasteiger partial charge in [-0.05, 0) is 55.4 Å². The van der Waals surface area contributed by atoms with Gasteiger partial charge in [-0.1, -0.05) is 76.3 Å². The first kappa shape index (κ1) is 29.6. The third-order valence-electron chi connectivity index (χ3n) is 10.2. The molecule has 3 fully saturated rings. The highest BCUT2D eigenvalue weighted by Gasteiger charge is 2.41. The molecule has 43 heavy (non-hydrogen) atoms. The van der Waals surface area contributed by atoms with Crippen LogP contribution in [0.1, 0.15) is 86.1 Å². The minimum atomic E-state index is -0.606. The van der Waals surface area contributed by atoms with Crippen LogP contribution in [-0.2, 0) is 11.3 Å². The minimum Gasteiger partial charge on any atom is -0.339 e. The molecule has 2 aromatic heterocycles. The Kier molecular flexibility index (Phi) is 9.26. The molecule has 6 rings (SSSR count). The molecule has 3 heterocycles. The standard InChI is InChI=1S/C34H47N7O2/c1-22-30(23(2)40-39-22)27-13-15-28(16-14-27)37-34(43)32(31(25-9-5-3-6-10-25)26-11-7-4-8-12-26)38-33(42)29-17-18-36-41(29)21-24-19-35-20-24/h13-18,24-26,31-32,35H,3-12,19-21H2,1-2H3,(H,37,43)(H,38,42)(H,39,40)/t32-/m0/s1. The number of hydrogen-bond acceptors (Lipinski definition) is 5. The number of carbonyl (C=O) groups excluding carboxylic acids is 2. The number of aryl methyl sites for hydroxylation is 2. The molecule has 0 radical (unpaired) electrons. The summed E-state index contributed by atoms with van der Waals surface area (Å²) in [7, 11) is 0. The summed E-state index contributed by atoms with van der Waals surface area (Å²) in [5, 5.41) is 21.6. The topological polar surface area (TPSA) is 117 Å². The SMILES string of the molecule is Cc1n[nH]c(C)c1-c1ccc(NC(=O)[C@@H](NC(=O)c2ccnn2CC2CNC2)C(C2CCCCC2)C2CCCCC2)cc1. The fourth-order valence-corrected chi connectivity index (χ4v) is 7.83. The molecule has 2 saturated carbocycles. The second-order valence-electron chi connectivity index (χ2n) is 13.1. The number of rotatable bonds is 10. The van der Waals surface area contributed by atoms with Crippen LogP contribution >= 0.6 is 0 Å². The number of carbonyl (C=O) groups is 2. The Bertz CT molecular complexity index is 1340. The van der Waals surface area contributed by atoms with Gasteiger partial charge in [-0.15, -0.1) is 0 Å². The van der Waals surface area contributed by atoms with Gasteiger partial charge in [0, 0.05) is 48.7 Å². The molecule has 1 atom stereocenters. The van der Waals surface area contributed by atoms with Crippen molar-refractivity contribution in [2.24, 2.45) is 23.7 Å². The third-order valence-corrected chi connectivity index (χ3v) is 10.2. The van der Waals surface area contributed by atoms with Crippen molar-refractivity contribution in [2.75, 3.05) is 18.4 Å². The first-order valence-electron chi connectivity index (χ1n) is 16.4. The van der Waals surface area contributed by atoms with E-state index in [0.717, 1.165) is 67.0 Å². The van der Waals surface area contributed by atoms with Gasteiger partial charge in [-0.3, -0.25) is 19.4 Å². The zero-order chi connectivity index (χ0) is 29.8. The van der Waals surface area contributed by atoms with Crippen molar-refractivity contribution in [3.05, 3.63) is 53.6 Å². The van der Waals surface area contributed by atoms with Gasteiger partial charge in [0.15, 0.2) is 0 Å². The quantitative estimate of drug-likeness (QED) is 0.246. The molecular weight excluding hydrogens is 538 g/mol. The van der Waals surface area contributed by atoms with Crippen LogP contribution in [0.25, 0.3) is 11.1 Å². The molecule has 2 aliphatic carbocycles.